The average molecular weight is 231 g/mol. The summed E-state index contributed by atoms with van der Waals surface area (Å²) in [4.78, 5) is 0. The SMILES string of the molecule is CCOc1cc(F)ccc1-c1cccc(N)c1. The lowest BCUT2D eigenvalue weighted by Gasteiger charge is -2.10. The minimum absolute atomic E-state index is 0.305. The van der Waals surface area contributed by atoms with Crippen molar-refractivity contribution >= 4 is 5.69 Å². The molecule has 0 amide bonds. The van der Waals surface area contributed by atoms with E-state index in [1.807, 2.05) is 31.2 Å². The highest BCUT2D eigenvalue weighted by Crippen LogP contribution is 2.31. The van der Waals surface area contributed by atoms with E-state index in [4.69, 9.17) is 10.5 Å². The molecule has 0 fully saturated rings. The first-order valence-corrected chi connectivity index (χ1v) is 5.49. The van der Waals surface area contributed by atoms with E-state index in [1.165, 1.54) is 12.1 Å². The molecular formula is C14H14FNO. The summed E-state index contributed by atoms with van der Waals surface area (Å²) in [6.45, 7) is 2.37. The van der Waals surface area contributed by atoms with Crippen molar-refractivity contribution in [1.29, 1.82) is 0 Å². The molecule has 2 aromatic rings. The summed E-state index contributed by atoms with van der Waals surface area (Å²) in [7, 11) is 0. The van der Waals surface area contributed by atoms with Gasteiger partial charge in [0.1, 0.15) is 11.6 Å². The maximum Gasteiger partial charge on any atom is 0.130 e. The lowest BCUT2D eigenvalue weighted by molar-refractivity contribution is 0.339. The number of ether oxygens (including phenoxy) is 1. The molecule has 2 aromatic carbocycles. The maximum atomic E-state index is 13.2. The molecule has 0 aromatic heterocycles. The van der Waals surface area contributed by atoms with Crippen molar-refractivity contribution in [2.45, 2.75) is 6.92 Å². The van der Waals surface area contributed by atoms with Crippen molar-refractivity contribution in [1.82, 2.24) is 0 Å². The number of anilines is 1. The third-order valence-electron chi connectivity index (χ3n) is 2.44. The van der Waals surface area contributed by atoms with Crippen LogP contribution in [0.15, 0.2) is 42.5 Å². The van der Waals surface area contributed by atoms with Gasteiger partial charge in [-0.1, -0.05) is 12.1 Å². The van der Waals surface area contributed by atoms with Gasteiger partial charge in [0.15, 0.2) is 0 Å². The molecule has 3 heteroatoms. The predicted molar refractivity (Wildman–Crippen MR) is 67.4 cm³/mol. The highest BCUT2D eigenvalue weighted by Gasteiger charge is 2.07. The zero-order valence-electron chi connectivity index (χ0n) is 9.61. The first-order valence-electron chi connectivity index (χ1n) is 5.49. The minimum atomic E-state index is -0.305. The fraction of sp³-hybridized carbons (Fsp3) is 0.143. The van der Waals surface area contributed by atoms with Gasteiger partial charge in [-0.05, 0) is 36.8 Å². The van der Waals surface area contributed by atoms with Crippen LogP contribution in [-0.4, -0.2) is 6.61 Å². The van der Waals surface area contributed by atoms with Crippen LogP contribution in [0.2, 0.25) is 0 Å². The van der Waals surface area contributed by atoms with E-state index in [0.717, 1.165) is 11.1 Å². The largest absolute Gasteiger partial charge is 0.493 e. The van der Waals surface area contributed by atoms with Crippen LogP contribution >= 0.6 is 0 Å². The number of hydrogen-bond acceptors (Lipinski definition) is 2. The average Bonchev–Trinajstić information content (AvgIpc) is 2.29. The molecule has 2 nitrogen and oxygen atoms in total. The number of halogens is 1. The Labute approximate surface area is 99.8 Å². The molecule has 0 saturated heterocycles. The molecular weight excluding hydrogens is 217 g/mol. The second kappa shape index (κ2) is 4.87. The van der Waals surface area contributed by atoms with Crippen molar-refractivity contribution < 1.29 is 9.13 Å². The van der Waals surface area contributed by atoms with Crippen LogP contribution in [0.25, 0.3) is 11.1 Å². The van der Waals surface area contributed by atoms with Gasteiger partial charge in [-0.3, -0.25) is 0 Å². The number of rotatable bonds is 3. The van der Waals surface area contributed by atoms with Gasteiger partial charge in [-0.2, -0.15) is 0 Å². The molecule has 0 saturated carbocycles. The molecule has 0 unspecified atom stereocenters. The first kappa shape index (κ1) is 11.5. The van der Waals surface area contributed by atoms with Gasteiger partial charge in [-0.15, -0.1) is 0 Å². The molecule has 0 heterocycles. The Balaban J connectivity index is 2.50. The molecule has 0 aliphatic rings. The van der Waals surface area contributed by atoms with Gasteiger partial charge in [0.25, 0.3) is 0 Å². The van der Waals surface area contributed by atoms with Gasteiger partial charge in [-0.25, -0.2) is 4.39 Å². The summed E-state index contributed by atoms with van der Waals surface area (Å²) in [5.74, 6) is 0.235. The number of nitrogen functional groups attached to an aromatic ring is 1. The smallest absolute Gasteiger partial charge is 0.130 e. The first-order chi connectivity index (χ1) is 8.20. The maximum absolute atomic E-state index is 13.2. The molecule has 17 heavy (non-hydrogen) atoms. The zero-order chi connectivity index (χ0) is 12.3. The molecule has 0 radical (unpaired) electrons. The summed E-state index contributed by atoms with van der Waals surface area (Å²) in [5, 5.41) is 0. The van der Waals surface area contributed by atoms with Crippen molar-refractivity contribution in [3.8, 4) is 16.9 Å². The topological polar surface area (TPSA) is 35.2 Å². The van der Waals surface area contributed by atoms with E-state index in [2.05, 4.69) is 0 Å². The van der Waals surface area contributed by atoms with Crippen LogP contribution in [0.5, 0.6) is 5.75 Å². The Kier molecular flexibility index (Phi) is 3.28. The van der Waals surface area contributed by atoms with Crippen LogP contribution in [0.3, 0.4) is 0 Å². The molecule has 88 valence electrons. The van der Waals surface area contributed by atoms with Gasteiger partial charge in [0, 0.05) is 17.3 Å². The highest BCUT2D eigenvalue weighted by atomic mass is 19.1. The van der Waals surface area contributed by atoms with Crippen molar-refractivity contribution in [3.05, 3.63) is 48.3 Å². The summed E-state index contributed by atoms with van der Waals surface area (Å²) >= 11 is 0. The molecule has 0 bridgehead atoms. The van der Waals surface area contributed by atoms with Gasteiger partial charge in [0.05, 0.1) is 6.61 Å². The van der Waals surface area contributed by atoms with Crippen molar-refractivity contribution in [2.24, 2.45) is 0 Å². The number of hydrogen-bond donors (Lipinski definition) is 1. The summed E-state index contributed by atoms with van der Waals surface area (Å²) in [6.07, 6.45) is 0. The second-order valence-corrected chi connectivity index (χ2v) is 3.70. The molecule has 0 aliphatic heterocycles. The zero-order valence-corrected chi connectivity index (χ0v) is 9.61. The van der Waals surface area contributed by atoms with E-state index < -0.39 is 0 Å². The van der Waals surface area contributed by atoms with E-state index in [9.17, 15) is 4.39 Å². The predicted octanol–water partition coefficient (Wildman–Crippen LogP) is 3.47. The lowest BCUT2D eigenvalue weighted by atomic mass is 10.0. The van der Waals surface area contributed by atoms with Crippen molar-refractivity contribution in [3.63, 3.8) is 0 Å². The van der Waals surface area contributed by atoms with Crippen molar-refractivity contribution in [2.75, 3.05) is 12.3 Å². The Hall–Kier alpha value is -2.03. The Morgan fingerprint density at radius 1 is 1.18 bits per heavy atom. The summed E-state index contributed by atoms with van der Waals surface area (Å²) in [6, 6.07) is 12.0. The van der Waals surface area contributed by atoms with Gasteiger partial charge >= 0.3 is 0 Å². The van der Waals surface area contributed by atoms with E-state index in [0.29, 0.717) is 18.0 Å². The van der Waals surface area contributed by atoms with Crippen LogP contribution < -0.4 is 10.5 Å². The normalized spacial score (nSPS) is 10.2. The fourth-order valence-corrected chi connectivity index (χ4v) is 1.72. The summed E-state index contributed by atoms with van der Waals surface area (Å²) < 4.78 is 18.6. The third kappa shape index (κ3) is 2.56. The van der Waals surface area contributed by atoms with Crippen LogP contribution in [-0.2, 0) is 0 Å². The van der Waals surface area contributed by atoms with E-state index in [1.54, 1.807) is 6.07 Å². The van der Waals surface area contributed by atoms with E-state index >= 15 is 0 Å². The summed E-state index contributed by atoms with van der Waals surface area (Å²) in [5.41, 5.74) is 8.18. The number of nitrogens with two attached hydrogens (primary N) is 1. The second-order valence-electron chi connectivity index (χ2n) is 3.70. The third-order valence-corrected chi connectivity index (χ3v) is 2.44. The molecule has 0 aliphatic carbocycles. The number of benzene rings is 2. The Morgan fingerprint density at radius 3 is 2.71 bits per heavy atom. The van der Waals surface area contributed by atoms with Gasteiger partial charge in [0.2, 0.25) is 0 Å². The van der Waals surface area contributed by atoms with E-state index in [-0.39, 0.29) is 5.82 Å². The standard InChI is InChI=1S/C14H14FNO/c1-2-17-14-9-11(15)6-7-13(14)10-4-3-5-12(16)8-10/h3-9H,2,16H2,1H3. The quantitative estimate of drug-likeness (QED) is 0.821. The molecule has 2 rings (SSSR count). The van der Waals surface area contributed by atoms with Crippen LogP contribution in [0.1, 0.15) is 6.92 Å². The molecule has 0 spiro atoms. The molecule has 2 N–H and O–H groups in total. The Morgan fingerprint density at radius 2 is 2.00 bits per heavy atom. The van der Waals surface area contributed by atoms with Gasteiger partial charge < -0.3 is 10.5 Å². The highest BCUT2D eigenvalue weighted by molar-refractivity contribution is 5.72. The monoisotopic (exact) mass is 231 g/mol. The fourth-order valence-electron chi connectivity index (χ4n) is 1.72. The minimum Gasteiger partial charge on any atom is -0.493 e. The van der Waals surface area contributed by atoms with Crippen LogP contribution in [0.4, 0.5) is 10.1 Å². The molecule has 0 atom stereocenters. The lowest BCUT2D eigenvalue weighted by Crippen LogP contribution is -1.95. The Bertz CT molecular complexity index is 525. The van der Waals surface area contributed by atoms with Crippen LogP contribution in [0, 0.1) is 5.82 Å².